The average molecular weight is 279 g/mol. The zero-order chi connectivity index (χ0) is 13.9. The first-order valence-electron chi connectivity index (χ1n) is 6.30. The Labute approximate surface area is 121 Å². The highest BCUT2D eigenvalue weighted by atomic mass is 32.2. The molecule has 0 saturated heterocycles. The predicted molar refractivity (Wildman–Crippen MR) is 81.8 cm³/mol. The number of hydrogen-bond donors (Lipinski definition) is 0. The summed E-state index contributed by atoms with van der Waals surface area (Å²) in [6.45, 7) is 0.766. The highest BCUT2D eigenvalue weighted by Crippen LogP contribution is 2.23. The Kier molecular flexibility index (Phi) is 3.44. The summed E-state index contributed by atoms with van der Waals surface area (Å²) in [5, 5.41) is 9.85. The third-order valence-electron chi connectivity index (χ3n) is 3.23. The molecule has 2 aromatic carbocycles. The summed E-state index contributed by atoms with van der Waals surface area (Å²) in [4.78, 5) is 4.63. The first kappa shape index (κ1) is 12.8. The fourth-order valence-electron chi connectivity index (χ4n) is 2.23. The molecule has 0 aliphatic carbocycles. The number of thioether (sulfide) groups is 1. The van der Waals surface area contributed by atoms with Crippen molar-refractivity contribution in [1.29, 1.82) is 5.26 Å². The molecule has 0 atom stereocenters. The van der Waals surface area contributed by atoms with Gasteiger partial charge in [-0.3, -0.25) is 0 Å². The lowest BCUT2D eigenvalue weighted by Gasteiger charge is -2.07. The molecule has 3 nitrogen and oxygen atoms in total. The molecule has 0 aliphatic rings. The highest BCUT2D eigenvalue weighted by molar-refractivity contribution is 7.98. The van der Waals surface area contributed by atoms with Crippen molar-refractivity contribution < 1.29 is 0 Å². The van der Waals surface area contributed by atoms with E-state index in [4.69, 9.17) is 5.26 Å². The minimum absolute atomic E-state index is 0.689. The van der Waals surface area contributed by atoms with E-state index >= 15 is 0 Å². The van der Waals surface area contributed by atoms with Crippen molar-refractivity contribution in [3.63, 3.8) is 0 Å². The van der Waals surface area contributed by atoms with Crippen LogP contribution in [0.1, 0.15) is 11.1 Å². The number of fused-ring (bicyclic) bond motifs is 1. The van der Waals surface area contributed by atoms with Gasteiger partial charge in [0, 0.05) is 0 Å². The number of aromatic nitrogens is 2. The molecule has 0 fully saturated rings. The molecule has 0 radical (unpaired) electrons. The molecule has 0 aliphatic heterocycles. The Morgan fingerprint density at radius 3 is 2.60 bits per heavy atom. The van der Waals surface area contributed by atoms with E-state index in [0.717, 1.165) is 22.7 Å². The van der Waals surface area contributed by atoms with Gasteiger partial charge in [-0.25, -0.2) is 4.98 Å². The van der Waals surface area contributed by atoms with Crippen molar-refractivity contribution in [2.45, 2.75) is 11.7 Å². The summed E-state index contributed by atoms with van der Waals surface area (Å²) in [6, 6.07) is 18.0. The second-order valence-electron chi connectivity index (χ2n) is 4.48. The maximum atomic E-state index is 8.84. The van der Waals surface area contributed by atoms with Crippen LogP contribution in [0.4, 0.5) is 0 Å². The fourth-order valence-corrected chi connectivity index (χ4v) is 2.80. The predicted octanol–water partition coefficient (Wildman–Crippen LogP) is 3.68. The molecule has 1 heterocycles. The molecule has 4 heteroatoms. The van der Waals surface area contributed by atoms with Crippen LogP contribution in [0, 0.1) is 11.3 Å². The molecular weight excluding hydrogens is 266 g/mol. The number of hydrogen-bond acceptors (Lipinski definition) is 3. The van der Waals surface area contributed by atoms with Crippen LogP contribution >= 0.6 is 11.8 Å². The maximum Gasteiger partial charge on any atom is 0.169 e. The van der Waals surface area contributed by atoms with E-state index in [1.807, 2.05) is 48.7 Å². The van der Waals surface area contributed by atoms with Gasteiger partial charge in [0.2, 0.25) is 0 Å². The second kappa shape index (κ2) is 5.40. The van der Waals surface area contributed by atoms with Crippen molar-refractivity contribution in [3.05, 3.63) is 59.7 Å². The van der Waals surface area contributed by atoms with Gasteiger partial charge in [0.25, 0.3) is 0 Å². The average Bonchev–Trinajstić information content (AvgIpc) is 2.86. The zero-order valence-electron chi connectivity index (χ0n) is 11.1. The van der Waals surface area contributed by atoms with Gasteiger partial charge in [-0.2, -0.15) is 5.26 Å². The molecule has 0 spiro atoms. The molecule has 0 N–H and O–H groups in total. The van der Waals surface area contributed by atoms with Crippen LogP contribution in [0.25, 0.3) is 11.0 Å². The monoisotopic (exact) mass is 279 g/mol. The summed E-state index contributed by atoms with van der Waals surface area (Å²) in [5.74, 6) is 0. The SMILES string of the molecule is CSc1nc2ccccc2n1Cc1ccc(C#N)cc1. The highest BCUT2D eigenvalue weighted by Gasteiger charge is 2.09. The molecule has 3 rings (SSSR count). The van der Waals surface area contributed by atoms with E-state index in [9.17, 15) is 0 Å². The van der Waals surface area contributed by atoms with E-state index in [2.05, 4.69) is 21.7 Å². The maximum absolute atomic E-state index is 8.84. The van der Waals surface area contributed by atoms with Gasteiger partial charge in [0.05, 0.1) is 29.2 Å². The lowest BCUT2D eigenvalue weighted by molar-refractivity contribution is 0.732. The number of imidazole rings is 1. The van der Waals surface area contributed by atoms with E-state index in [0.29, 0.717) is 5.56 Å². The quantitative estimate of drug-likeness (QED) is 0.687. The molecule has 1 aromatic heterocycles. The second-order valence-corrected chi connectivity index (χ2v) is 5.26. The zero-order valence-corrected chi connectivity index (χ0v) is 11.9. The Morgan fingerprint density at radius 2 is 1.90 bits per heavy atom. The van der Waals surface area contributed by atoms with Gasteiger partial charge in [0.1, 0.15) is 0 Å². The molecule has 0 bridgehead atoms. The van der Waals surface area contributed by atoms with E-state index in [1.165, 1.54) is 5.56 Å². The Morgan fingerprint density at radius 1 is 1.15 bits per heavy atom. The van der Waals surface area contributed by atoms with Crippen LogP contribution in [0.3, 0.4) is 0 Å². The van der Waals surface area contributed by atoms with E-state index in [-0.39, 0.29) is 0 Å². The van der Waals surface area contributed by atoms with E-state index < -0.39 is 0 Å². The number of nitrogens with zero attached hydrogens (tertiary/aromatic N) is 3. The molecule has 0 unspecified atom stereocenters. The van der Waals surface area contributed by atoms with Crippen LogP contribution in [0.2, 0.25) is 0 Å². The van der Waals surface area contributed by atoms with Crippen molar-refractivity contribution in [3.8, 4) is 6.07 Å². The first-order chi connectivity index (χ1) is 9.81. The first-order valence-corrected chi connectivity index (χ1v) is 7.52. The fraction of sp³-hybridized carbons (Fsp3) is 0.125. The van der Waals surface area contributed by atoms with Gasteiger partial charge >= 0.3 is 0 Å². The topological polar surface area (TPSA) is 41.6 Å². The smallest absolute Gasteiger partial charge is 0.169 e. The largest absolute Gasteiger partial charge is 0.314 e. The van der Waals surface area contributed by atoms with Crippen molar-refractivity contribution in [2.75, 3.05) is 6.26 Å². The van der Waals surface area contributed by atoms with Crippen molar-refractivity contribution in [1.82, 2.24) is 9.55 Å². The lowest BCUT2D eigenvalue weighted by atomic mass is 10.1. The minimum atomic E-state index is 0.689. The normalized spacial score (nSPS) is 10.6. The molecule has 0 saturated carbocycles. The van der Waals surface area contributed by atoms with E-state index in [1.54, 1.807) is 11.8 Å². The van der Waals surface area contributed by atoms with Crippen molar-refractivity contribution >= 4 is 22.8 Å². The van der Waals surface area contributed by atoms with Crippen molar-refractivity contribution in [2.24, 2.45) is 0 Å². The molecule has 98 valence electrons. The summed E-state index contributed by atoms with van der Waals surface area (Å²) >= 11 is 1.65. The number of para-hydroxylation sites is 2. The van der Waals surface area contributed by atoms with Gasteiger partial charge < -0.3 is 4.57 Å². The summed E-state index contributed by atoms with van der Waals surface area (Å²) < 4.78 is 2.21. The van der Waals surface area contributed by atoms with Crippen LogP contribution in [0.5, 0.6) is 0 Å². The molecule has 3 aromatic rings. The van der Waals surface area contributed by atoms with Gasteiger partial charge in [-0.1, -0.05) is 36.0 Å². The van der Waals surface area contributed by atoms with Crippen LogP contribution in [0.15, 0.2) is 53.7 Å². The lowest BCUT2D eigenvalue weighted by Crippen LogP contribution is -2.01. The van der Waals surface area contributed by atoms with Gasteiger partial charge in [0.15, 0.2) is 5.16 Å². The standard InChI is InChI=1S/C16H13N3S/c1-20-16-18-14-4-2-3-5-15(14)19(16)11-13-8-6-12(10-17)7-9-13/h2-9H,11H2,1H3. The van der Waals surface area contributed by atoms with Crippen LogP contribution in [-0.4, -0.2) is 15.8 Å². The Hall–Kier alpha value is -2.25. The number of rotatable bonds is 3. The third-order valence-corrected chi connectivity index (χ3v) is 3.90. The number of nitriles is 1. The van der Waals surface area contributed by atoms with Crippen LogP contribution in [-0.2, 0) is 6.54 Å². The molecule has 20 heavy (non-hydrogen) atoms. The summed E-state index contributed by atoms with van der Waals surface area (Å²) in [5.41, 5.74) is 4.02. The number of benzene rings is 2. The van der Waals surface area contributed by atoms with Gasteiger partial charge in [-0.05, 0) is 36.1 Å². The summed E-state index contributed by atoms with van der Waals surface area (Å²) in [6.07, 6.45) is 2.04. The molecule has 0 amide bonds. The minimum Gasteiger partial charge on any atom is -0.314 e. The van der Waals surface area contributed by atoms with Crippen LogP contribution < -0.4 is 0 Å². The Balaban J connectivity index is 2.02. The third kappa shape index (κ3) is 2.28. The Bertz CT molecular complexity index is 782. The molecular formula is C16H13N3S. The van der Waals surface area contributed by atoms with Gasteiger partial charge in [-0.15, -0.1) is 0 Å². The summed E-state index contributed by atoms with van der Waals surface area (Å²) in [7, 11) is 0.